The molecule has 0 unspecified atom stereocenters. The molecule has 1 heterocycles. The van der Waals surface area contributed by atoms with Crippen LogP contribution in [0.2, 0.25) is 0 Å². The average molecular weight is 296 g/mol. The predicted molar refractivity (Wildman–Crippen MR) is 72.4 cm³/mol. The molecule has 6 nitrogen and oxygen atoms in total. The summed E-state index contributed by atoms with van der Waals surface area (Å²) in [4.78, 5) is 25.4. The molecule has 1 aromatic rings. The van der Waals surface area contributed by atoms with Gasteiger partial charge in [-0.1, -0.05) is 0 Å². The molecule has 21 heavy (non-hydrogen) atoms. The molecule has 2 N–H and O–H groups in total. The van der Waals surface area contributed by atoms with E-state index in [0.29, 0.717) is 6.54 Å². The van der Waals surface area contributed by atoms with Crippen LogP contribution in [0.15, 0.2) is 18.2 Å². The van der Waals surface area contributed by atoms with Gasteiger partial charge in [-0.25, -0.2) is 4.39 Å². The zero-order chi connectivity index (χ0) is 15.6. The van der Waals surface area contributed by atoms with E-state index in [-0.39, 0.29) is 24.5 Å². The Labute approximate surface area is 121 Å². The summed E-state index contributed by atoms with van der Waals surface area (Å²) in [5.74, 6) is -1.34. The van der Waals surface area contributed by atoms with Crippen LogP contribution in [-0.2, 0) is 9.53 Å². The molecule has 1 atom stereocenters. The van der Waals surface area contributed by atoms with Gasteiger partial charge in [0.1, 0.15) is 11.6 Å². The molecule has 1 aromatic carbocycles. The van der Waals surface area contributed by atoms with Crippen molar-refractivity contribution in [3.8, 4) is 5.75 Å². The second kappa shape index (κ2) is 5.69. The lowest BCUT2D eigenvalue weighted by Gasteiger charge is -2.38. The second-order valence-corrected chi connectivity index (χ2v) is 5.01. The molecular formula is C14H17FN2O4. The molecule has 1 fully saturated rings. The molecule has 0 radical (unpaired) electrons. The largest absolute Gasteiger partial charge is 0.496 e. The molecule has 1 saturated heterocycles. The first kappa shape index (κ1) is 15.2. The van der Waals surface area contributed by atoms with E-state index >= 15 is 0 Å². The number of nitrogens with zero attached hydrogens (tertiary/aromatic N) is 1. The number of amides is 2. The fourth-order valence-corrected chi connectivity index (χ4v) is 2.21. The Hall–Kier alpha value is -2.15. The van der Waals surface area contributed by atoms with Crippen molar-refractivity contribution in [1.29, 1.82) is 0 Å². The van der Waals surface area contributed by atoms with Crippen LogP contribution < -0.4 is 10.5 Å². The number of carbonyl (C=O) groups is 2. The lowest BCUT2D eigenvalue weighted by molar-refractivity contribution is -0.150. The van der Waals surface area contributed by atoms with Gasteiger partial charge in [-0.3, -0.25) is 9.59 Å². The van der Waals surface area contributed by atoms with Crippen LogP contribution in [-0.4, -0.2) is 49.1 Å². The van der Waals surface area contributed by atoms with Crippen LogP contribution >= 0.6 is 0 Å². The van der Waals surface area contributed by atoms with Crippen LogP contribution in [0.25, 0.3) is 0 Å². The summed E-state index contributed by atoms with van der Waals surface area (Å²) in [6.07, 6.45) is 0. The number of morpholine rings is 1. The highest BCUT2D eigenvalue weighted by atomic mass is 19.1. The molecule has 7 heteroatoms. The van der Waals surface area contributed by atoms with Gasteiger partial charge in [0.2, 0.25) is 0 Å². The van der Waals surface area contributed by atoms with Gasteiger partial charge >= 0.3 is 0 Å². The standard InChI is InChI=1S/C14H17FN2O4/c1-14(13(16)19)8-17(5-6-21-14)12(18)10-7-9(15)3-4-11(10)20-2/h3-4,7H,5-6,8H2,1-2H3,(H2,16,19)/t14-/m0/s1. The first-order valence-corrected chi connectivity index (χ1v) is 6.44. The number of benzene rings is 1. The van der Waals surface area contributed by atoms with Gasteiger partial charge in [-0.15, -0.1) is 0 Å². The first-order chi connectivity index (χ1) is 9.87. The summed E-state index contributed by atoms with van der Waals surface area (Å²) < 4.78 is 23.8. The highest BCUT2D eigenvalue weighted by Gasteiger charge is 2.39. The van der Waals surface area contributed by atoms with Gasteiger partial charge in [0.15, 0.2) is 5.60 Å². The maximum atomic E-state index is 13.4. The van der Waals surface area contributed by atoms with E-state index in [1.54, 1.807) is 0 Å². The molecule has 114 valence electrons. The van der Waals surface area contributed by atoms with E-state index in [2.05, 4.69) is 0 Å². The maximum Gasteiger partial charge on any atom is 0.257 e. The molecule has 0 saturated carbocycles. The maximum absolute atomic E-state index is 13.4. The summed E-state index contributed by atoms with van der Waals surface area (Å²) in [6, 6.07) is 3.71. The second-order valence-electron chi connectivity index (χ2n) is 5.01. The smallest absolute Gasteiger partial charge is 0.257 e. The van der Waals surface area contributed by atoms with E-state index in [1.807, 2.05) is 0 Å². The van der Waals surface area contributed by atoms with Crippen LogP contribution in [0, 0.1) is 5.82 Å². The van der Waals surface area contributed by atoms with Crippen molar-refractivity contribution in [2.24, 2.45) is 5.73 Å². The number of rotatable bonds is 3. The Bertz CT molecular complexity index is 578. The summed E-state index contributed by atoms with van der Waals surface area (Å²) in [5, 5.41) is 0. The monoisotopic (exact) mass is 296 g/mol. The van der Waals surface area contributed by atoms with Gasteiger partial charge < -0.3 is 20.1 Å². The minimum absolute atomic E-state index is 0.0147. The number of hydrogen-bond donors (Lipinski definition) is 1. The summed E-state index contributed by atoms with van der Waals surface area (Å²) in [6.45, 7) is 2.02. The van der Waals surface area contributed by atoms with Crippen molar-refractivity contribution in [3.05, 3.63) is 29.6 Å². The fraction of sp³-hybridized carbons (Fsp3) is 0.429. The van der Waals surface area contributed by atoms with Crippen molar-refractivity contribution in [1.82, 2.24) is 4.90 Å². The normalized spacial score (nSPS) is 22.0. The summed E-state index contributed by atoms with van der Waals surface area (Å²) in [5.41, 5.74) is 4.16. The highest BCUT2D eigenvalue weighted by Crippen LogP contribution is 2.24. The quantitative estimate of drug-likeness (QED) is 0.883. The molecule has 0 bridgehead atoms. The van der Waals surface area contributed by atoms with E-state index in [0.717, 1.165) is 6.07 Å². The zero-order valence-corrected chi connectivity index (χ0v) is 11.9. The third kappa shape index (κ3) is 2.97. The number of methoxy groups -OCH3 is 1. The van der Waals surface area contributed by atoms with Crippen molar-refractivity contribution < 1.29 is 23.5 Å². The molecular weight excluding hydrogens is 279 g/mol. The number of ether oxygens (including phenoxy) is 2. The minimum Gasteiger partial charge on any atom is -0.496 e. The van der Waals surface area contributed by atoms with E-state index in [1.165, 1.54) is 31.1 Å². The molecule has 0 aliphatic carbocycles. The van der Waals surface area contributed by atoms with Crippen LogP contribution in [0.1, 0.15) is 17.3 Å². The van der Waals surface area contributed by atoms with Crippen molar-refractivity contribution >= 4 is 11.8 Å². The van der Waals surface area contributed by atoms with Gasteiger partial charge in [-0.2, -0.15) is 0 Å². The average Bonchev–Trinajstić information content (AvgIpc) is 2.46. The van der Waals surface area contributed by atoms with Gasteiger partial charge in [0, 0.05) is 6.54 Å². The Morgan fingerprint density at radius 2 is 2.19 bits per heavy atom. The lowest BCUT2D eigenvalue weighted by atomic mass is 10.0. The molecule has 0 aromatic heterocycles. The minimum atomic E-state index is -1.24. The van der Waals surface area contributed by atoms with Crippen molar-refractivity contribution in [2.45, 2.75) is 12.5 Å². The topological polar surface area (TPSA) is 81.9 Å². The van der Waals surface area contributed by atoms with E-state index in [4.69, 9.17) is 15.2 Å². The molecule has 1 aliphatic heterocycles. The molecule has 1 aliphatic rings. The Morgan fingerprint density at radius 1 is 1.48 bits per heavy atom. The van der Waals surface area contributed by atoms with E-state index in [9.17, 15) is 14.0 Å². The Morgan fingerprint density at radius 3 is 2.81 bits per heavy atom. The van der Waals surface area contributed by atoms with Crippen LogP contribution in [0.3, 0.4) is 0 Å². The molecule has 0 spiro atoms. The van der Waals surface area contributed by atoms with Crippen LogP contribution in [0.5, 0.6) is 5.75 Å². The number of primary amides is 1. The first-order valence-electron chi connectivity index (χ1n) is 6.44. The number of hydrogen-bond acceptors (Lipinski definition) is 4. The van der Waals surface area contributed by atoms with Gasteiger partial charge in [-0.05, 0) is 25.1 Å². The third-order valence-electron chi connectivity index (χ3n) is 3.47. The van der Waals surface area contributed by atoms with Gasteiger partial charge in [0.25, 0.3) is 11.8 Å². The molecule has 2 amide bonds. The molecule has 2 rings (SSSR count). The van der Waals surface area contributed by atoms with E-state index < -0.39 is 23.2 Å². The lowest BCUT2D eigenvalue weighted by Crippen LogP contribution is -2.58. The number of nitrogens with two attached hydrogens (primary N) is 1. The van der Waals surface area contributed by atoms with Crippen molar-refractivity contribution in [2.75, 3.05) is 26.8 Å². The summed E-state index contributed by atoms with van der Waals surface area (Å²) in [7, 11) is 1.40. The zero-order valence-electron chi connectivity index (χ0n) is 11.9. The number of halogens is 1. The van der Waals surface area contributed by atoms with Crippen LogP contribution in [0.4, 0.5) is 4.39 Å². The summed E-state index contributed by atoms with van der Waals surface area (Å²) >= 11 is 0. The third-order valence-corrected chi connectivity index (χ3v) is 3.47. The SMILES string of the molecule is COc1ccc(F)cc1C(=O)N1CCO[C@](C)(C(N)=O)C1. The van der Waals surface area contributed by atoms with Crippen molar-refractivity contribution in [3.63, 3.8) is 0 Å². The predicted octanol–water partition coefficient (Wildman–Crippen LogP) is 0.551. The Kier molecular flexibility index (Phi) is 4.13. The van der Waals surface area contributed by atoms with Gasteiger partial charge in [0.05, 0.1) is 25.8 Å². The Balaban J connectivity index is 2.28. The fourth-order valence-electron chi connectivity index (χ4n) is 2.21. The highest BCUT2D eigenvalue weighted by molar-refractivity contribution is 5.97. The number of carbonyl (C=O) groups excluding carboxylic acids is 2.